The van der Waals surface area contributed by atoms with Gasteiger partial charge < -0.3 is 5.32 Å². The molecular formula is C16H24BrFN2. The molecule has 0 aromatic heterocycles. The van der Waals surface area contributed by atoms with E-state index in [1.54, 1.807) is 0 Å². The zero-order chi connectivity index (χ0) is 14.9. The summed E-state index contributed by atoms with van der Waals surface area (Å²) in [6.07, 6.45) is 0. The van der Waals surface area contributed by atoms with Gasteiger partial charge in [-0.2, -0.15) is 0 Å². The molecule has 1 saturated heterocycles. The van der Waals surface area contributed by atoms with Crippen molar-refractivity contribution in [3.63, 3.8) is 0 Å². The lowest BCUT2D eigenvalue weighted by molar-refractivity contribution is 0.0833. The van der Waals surface area contributed by atoms with E-state index in [0.29, 0.717) is 5.56 Å². The lowest BCUT2D eigenvalue weighted by Crippen LogP contribution is -2.48. The predicted molar refractivity (Wildman–Crippen MR) is 85.5 cm³/mol. The van der Waals surface area contributed by atoms with Gasteiger partial charge in [0.15, 0.2) is 0 Å². The summed E-state index contributed by atoms with van der Waals surface area (Å²) in [7, 11) is 0. The number of aryl methyl sites for hydroxylation is 1. The van der Waals surface area contributed by atoms with Crippen LogP contribution >= 0.6 is 15.9 Å². The molecule has 0 saturated carbocycles. The number of benzene rings is 1. The lowest BCUT2D eigenvalue weighted by Gasteiger charge is -2.43. The first-order valence-corrected chi connectivity index (χ1v) is 8.00. The number of rotatable bonds is 2. The van der Waals surface area contributed by atoms with Gasteiger partial charge in [0.1, 0.15) is 5.82 Å². The van der Waals surface area contributed by atoms with Crippen molar-refractivity contribution < 1.29 is 4.39 Å². The zero-order valence-corrected chi connectivity index (χ0v) is 14.3. The van der Waals surface area contributed by atoms with Crippen LogP contribution in [0, 0.1) is 18.2 Å². The van der Waals surface area contributed by atoms with Gasteiger partial charge in [-0.1, -0.05) is 36.7 Å². The Morgan fingerprint density at radius 1 is 1.25 bits per heavy atom. The highest BCUT2D eigenvalue weighted by Gasteiger charge is 2.34. The maximum atomic E-state index is 14.7. The van der Waals surface area contributed by atoms with E-state index in [1.807, 2.05) is 19.1 Å². The zero-order valence-electron chi connectivity index (χ0n) is 12.8. The molecule has 0 spiro atoms. The van der Waals surface area contributed by atoms with Gasteiger partial charge in [0.05, 0.1) is 0 Å². The SMILES string of the molecule is Cc1cc(Br)cc([C@H](N2CCNCC2)C(C)(C)C)c1F. The van der Waals surface area contributed by atoms with Crippen molar-refractivity contribution in [1.29, 1.82) is 0 Å². The van der Waals surface area contributed by atoms with Crippen LogP contribution in [0.3, 0.4) is 0 Å². The van der Waals surface area contributed by atoms with Gasteiger partial charge in [-0.3, -0.25) is 4.90 Å². The fourth-order valence-corrected chi connectivity index (χ4v) is 3.69. The van der Waals surface area contributed by atoms with Crippen LogP contribution in [0.15, 0.2) is 16.6 Å². The Balaban J connectivity index is 2.46. The summed E-state index contributed by atoms with van der Waals surface area (Å²) in [4.78, 5) is 2.40. The topological polar surface area (TPSA) is 15.3 Å². The van der Waals surface area contributed by atoms with Crippen LogP contribution in [-0.2, 0) is 0 Å². The van der Waals surface area contributed by atoms with Crippen molar-refractivity contribution in [3.05, 3.63) is 33.5 Å². The Morgan fingerprint density at radius 2 is 1.85 bits per heavy atom. The molecule has 1 heterocycles. The lowest BCUT2D eigenvalue weighted by atomic mass is 9.80. The van der Waals surface area contributed by atoms with Crippen molar-refractivity contribution in [3.8, 4) is 0 Å². The van der Waals surface area contributed by atoms with E-state index in [1.165, 1.54) is 0 Å². The highest BCUT2D eigenvalue weighted by molar-refractivity contribution is 9.10. The third-order valence-corrected chi connectivity index (χ3v) is 4.34. The minimum absolute atomic E-state index is 0.00852. The van der Waals surface area contributed by atoms with E-state index in [9.17, 15) is 4.39 Å². The van der Waals surface area contributed by atoms with Crippen molar-refractivity contribution in [2.75, 3.05) is 26.2 Å². The Hall–Kier alpha value is -0.450. The summed E-state index contributed by atoms with van der Waals surface area (Å²) in [5.74, 6) is -0.0633. The monoisotopic (exact) mass is 342 g/mol. The summed E-state index contributed by atoms with van der Waals surface area (Å²) in [5, 5.41) is 3.37. The Kier molecular flexibility index (Phi) is 4.88. The van der Waals surface area contributed by atoms with Crippen molar-refractivity contribution >= 4 is 15.9 Å². The van der Waals surface area contributed by atoms with Crippen LogP contribution < -0.4 is 5.32 Å². The molecule has 1 aromatic carbocycles. The second-order valence-corrected chi connectivity index (χ2v) is 7.60. The minimum atomic E-state index is -0.0633. The first kappa shape index (κ1) is 15.9. The molecule has 1 fully saturated rings. The first-order valence-electron chi connectivity index (χ1n) is 7.21. The van der Waals surface area contributed by atoms with Crippen LogP contribution in [0.25, 0.3) is 0 Å². The van der Waals surface area contributed by atoms with Gasteiger partial charge >= 0.3 is 0 Å². The number of nitrogens with one attached hydrogen (secondary N) is 1. The summed E-state index contributed by atoms with van der Waals surface area (Å²) >= 11 is 3.51. The molecule has 0 bridgehead atoms. The van der Waals surface area contributed by atoms with Crippen LogP contribution in [0.2, 0.25) is 0 Å². The van der Waals surface area contributed by atoms with Gasteiger partial charge in [-0.05, 0) is 30.0 Å². The van der Waals surface area contributed by atoms with E-state index in [-0.39, 0.29) is 17.3 Å². The average Bonchev–Trinajstić information content (AvgIpc) is 2.35. The smallest absolute Gasteiger partial charge is 0.130 e. The van der Waals surface area contributed by atoms with E-state index in [0.717, 1.165) is 36.2 Å². The molecule has 0 amide bonds. The molecule has 20 heavy (non-hydrogen) atoms. The molecule has 0 aliphatic carbocycles. The van der Waals surface area contributed by atoms with Crippen LogP contribution in [0.4, 0.5) is 4.39 Å². The minimum Gasteiger partial charge on any atom is -0.314 e. The second-order valence-electron chi connectivity index (χ2n) is 6.68. The van der Waals surface area contributed by atoms with Gasteiger partial charge in [0.25, 0.3) is 0 Å². The molecule has 1 aromatic rings. The highest BCUT2D eigenvalue weighted by Crippen LogP contribution is 2.40. The van der Waals surface area contributed by atoms with Gasteiger partial charge in [-0.15, -0.1) is 0 Å². The first-order chi connectivity index (χ1) is 9.30. The molecule has 2 nitrogen and oxygen atoms in total. The second kappa shape index (κ2) is 6.12. The van der Waals surface area contributed by atoms with E-state index in [2.05, 4.69) is 46.9 Å². The molecule has 112 valence electrons. The molecule has 2 rings (SSSR count). The van der Waals surface area contributed by atoms with Crippen LogP contribution in [-0.4, -0.2) is 31.1 Å². The summed E-state index contributed by atoms with van der Waals surface area (Å²) in [5.41, 5.74) is 1.51. The number of nitrogens with zero attached hydrogens (tertiary/aromatic N) is 1. The fourth-order valence-electron chi connectivity index (χ4n) is 3.10. The maximum Gasteiger partial charge on any atom is 0.130 e. The Bertz CT molecular complexity index is 476. The Morgan fingerprint density at radius 3 is 2.40 bits per heavy atom. The van der Waals surface area contributed by atoms with Crippen molar-refractivity contribution in [2.45, 2.75) is 33.7 Å². The van der Waals surface area contributed by atoms with Gasteiger partial charge in [0, 0.05) is 42.3 Å². The van der Waals surface area contributed by atoms with Gasteiger partial charge in [-0.25, -0.2) is 4.39 Å². The standard InChI is InChI=1S/C16H24BrFN2/c1-11-9-12(17)10-13(14(11)18)15(16(2,3)4)20-7-5-19-6-8-20/h9-10,15,19H,5-8H2,1-4H3/t15-/m0/s1. The third kappa shape index (κ3) is 3.41. The molecule has 0 radical (unpaired) electrons. The normalized spacial score (nSPS) is 19.1. The third-order valence-electron chi connectivity index (χ3n) is 3.88. The molecule has 4 heteroatoms. The van der Waals surface area contributed by atoms with Crippen LogP contribution in [0.5, 0.6) is 0 Å². The molecule has 0 unspecified atom stereocenters. The van der Waals surface area contributed by atoms with E-state index < -0.39 is 0 Å². The maximum absolute atomic E-state index is 14.7. The van der Waals surface area contributed by atoms with Crippen molar-refractivity contribution in [2.24, 2.45) is 5.41 Å². The van der Waals surface area contributed by atoms with Crippen LogP contribution in [0.1, 0.15) is 37.9 Å². The highest BCUT2D eigenvalue weighted by atomic mass is 79.9. The fraction of sp³-hybridized carbons (Fsp3) is 0.625. The quantitative estimate of drug-likeness (QED) is 0.877. The number of halogens is 2. The predicted octanol–water partition coefficient (Wildman–Crippen LogP) is 3.89. The molecule has 1 atom stereocenters. The molecular weight excluding hydrogens is 319 g/mol. The summed E-state index contributed by atoms with van der Waals surface area (Å²) < 4.78 is 15.6. The largest absolute Gasteiger partial charge is 0.314 e. The molecule has 1 N–H and O–H groups in total. The molecule has 1 aliphatic rings. The molecule has 1 aliphatic heterocycles. The summed E-state index contributed by atoms with van der Waals surface area (Å²) in [6.45, 7) is 12.3. The van der Waals surface area contributed by atoms with E-state index in [4.69, 9.17) is 0 Å². The van der Waals surface area contributed by atoms with Gasteiger partial charge in [0.2, 0.25) is 0 Å². The average molecular weight is 343 g/mol. The number of piperazine rings is 1. The summed E-state index contributed by atoms with van der Waals surface area (Å²) in [6, 6.07) is 3.89. The van der Waals surface area contributed by atoms with E-state index >= 15 is 0 Å². The Labute approximate surface area is 129 Å². The number of hydrogen-bond acceptors (Lipinski definition) is 2. The van der Waals surface area contributed by atoms with Crippen molar-refractivity contribution in [1.82, 2.24) is 10.2 Å². The number of hydrogen-bond donors (Lipinski definition) is 1.